The maximum Gasteiger partial charge on any atom is 0.410 e. The highest BCUT2D eigenvalue weighted by atomic mass is 19.3. The van der Waals surface area contributed by atoms with Gasteiger partial charge < -0.3 is 15.0 Å². The summed E-state index contributed by atoms with van der Waals surface area (Å²) in [7, 11) is 0. The van der Waals surface area contributed by atoms with Crippen molar-refractivity contribution < 1.29 is 18.3 Å². The van der Waals surface area contributed by atoms with Gasteiger partial charge >= 0.3 is 6.09 Å². The average Bonchev–Trinajstić information content (AvgIpc) is 2.52. The van der Waals surface area contributed by atoms with E-state index in [1.54, 1.807) is 4.90 Å². The molecule has 4 nitrogen and oxygen atoms in total. The molecule has 0 unspecified atom stereocenters. The molecule has 1 fully saturated rings. The number of amides is 1. The molecule has 0 aromatic heterocycles. The lowest BCUT2D eigenvalue weighted by Crippen LogP contribution is -2.53. The summed E-state index contributed by atoms with van der Waals surface area (Å²) in [6, 6.07) is 9.49. The first-order valence-corrected chi connectivity index (χ1v) is 7.47. The Hall–Kier alpha value is -1.69. The Balaban J connectivity index is 1.75. The molecule has 0 radical (unpaired) electrons. The van der Waals surface area contributed by atoms with Crippen LogP contribution in [-0.2, 0) is 11.3 Å². The van der Waals surface area contributed by atoms with Crippen LogP contribution in [0.2, 0.25) is 0 Å². The molecule has 6 heteroatoms. The Morgan fingerprint density at radius 3 is 2.55 bits per heavy atom. The number of likely N-dealkylation sites (tertiary alicyclic amines) is 1. The number of hydrogen-bond donors (Lipinski definition) is 1. The Kier molecular flexibility index (Phi) is 5.71. The number of benzene rings is 1. The second kappa shape index (κ2) is 7.54. The van der Waals surface area contributed by atoms with Crippen molar-refractivity contribution in [1.82, 2.24) is 10.2 Å². The fraction of sp³-hybridized carbons (Fsp3) is 0.562. The van der Waals surface area contributed by atoms with Gasteiger partial charge in [-0.1, -0.05) is 30.3 Å². The second-order valence-electron chi connectivity index (χ2n) is 5.86. The monoisotopic (exact) mass is 312 g/mol. The lowest BCUT2D eigenvalue weighted by molar-refractivity contribution is 0.0685. The third-order valence-corrected chi connectivity index (χ3v) is 4.01. The van der Waals surface area contributed by atoms with E-state index in [-0.39, 0.29) is 24.8 Å². The summed E-state index contributed by atoms with van der Waals surface area (Å²) in [5.41, 5.74) is 0.600. The lowest BCUT2D eigenvalue weighted by atomic mass is 9.90. The zero-order chi connectivity index (χ0) is 16.0. The van der Waals surface area contributed by atoms with Gasteiger partial charge in [0.05, 0.1) is 6.54 Å². The molecule has 0 spiro atoms. The summed E-state index contributed by atoms with van der Waals surface area (Å²) in [4.78, 5) is 13.6. The van der Waals surface area contributed by atoms with Gasteiger partial charge in [-0.15, -0.1) is 0 Å². The molecule has 0 saturated carbocycles. The van der Waals surface area contributed by atoms with Crippen LogP contribution in [0, 0.1) is 0 Å². The van der Waals surface area contributed by atoms with E-state index in [9.17, 15) is 13.6 Å². The van der Waals surface area contributed by atoms with Crippen molar-refractivity contribution in [1.29, 1.82) is 0 Å². The molecule has 1 aliphatic heterocycles. The normalized spacial score (nSPS) is 17.5. The Bertz CT molecular complexity index is 474. The fourth-order valence-electron chi connectivity index (χ4n) is 2.49. The van der Waals surface area contributed by atoms with Crippen LogP contribution in [0.25, 0.3) is 0 Å². The molecule has 122 valence electrons. The van der Waals surface area contributed by atoms with Crippen LogP contribution in [0.1, 0.15) is 25.3 Å². The van der Waals surface area contributed by atoms with Crippen molar-refractivity contribution in [2.75, 3.05) is 19.6 Å². The number of hydrogen-bond acceptors (Lipinski definition) is 3. The zero-order valence-corrected chi connectivity index (χ0v) is 12.7. The van der Waals surface area contributed by atoms with E-state index in [0.717, 1.165) is 5.56 Å². The van der Waals surface area contributed by atoms with Crippen LogP contribution in [0.3, 0.4) is 0 Å². The largest absolute Gasteiger partial charge is 0.445 e. The minimum atomic E-state index is -2.36. The van der Waals surface area contributed by atoms with E-state index in [0.29, 0.717) is 25.9 Å². The van der Waals surface area contributed by atoms with Gasteiger partial charge in [0.2, 0.25) is 0 Å². The molecule has 1 aliphatic rings. The number of nitrogens with one attached hydrogen (secondary N) is 1. The minimum absolute atomic E-state index is 0.247. The maximum atomic E-state index is 12.3. The van der Waals surface area contributed by atoms with Gasteiger partial charge in [0.25, 0.3) is 6.43 Å². The van der Waals surface area contributed by atoms with Crippen molar-refractivity contribution in [2.24, 2.45) is 0 Å². The average molecular weight is 312 g/mol. The third-order valence-electron chi connectivity index (χ3n) is 4.01. The van der Waals surface area contributed by atoms with Gasteiger partial charge in [-0.3, -0.25) is 0 Å². The smallest absolute Gasteiger partial charge is 0.410 e. The lowest BCUT2D eigenvalue weighted by Gasteiger charge is -2.39. The summed E-state index contributed by atoms with van der Waals surface area (Å²) in [6.07, 6.45) is -1.43. The van der Waals surface area contributed by atoms with Crippen LogP contribution in [0.4, 0.5) is 13.6 Å². The molecule has 1 saturated heterocycles. The highest BCUT2D eigenvalue weighted by Gasteiger charge is 2.32. The fourth-order valence-corrected chi connectivity index (χ4v) is 2.49. The predicted octanol–water partition coefficient (Wildman–Crippen LogP) is 3.03. The van der Waals surface area contributed by atoms with E-state index in [4.69, 9.17) is 4.74 Å². The highest BCUT2D eigenvalue weighted by molar-refractivity contribution is 5.67. The number of alkyl halides is 2. The van der Waals surface area contributed by atoms with Crippen LogP contribution < -0.4 is 5.32 Å². The maximum absolute atomic E-state index is 12.3. The quantitative estimate of drug-likeness (QED) is 0.908. The van der Waals surface area contributed by atoms with Gasteiger partial charge in [-0.05, 0) is 25.3 Å². The summed E-state index contributed by atoms with van der Waals surface area (Å²) in [5, 5.41) is 2.89. The van der Waals surface area contributed by atoms with Crippen LogP contribution in [0.5, 0.6) is 0 Å². The van der Waals surface area contributed by atoms with Crippen molar-refractivity contribution in [2.45, 2.75) is 38.3 Å². The minimum Gasteiger partial charge on any atom is -0.445 e. The summed E-state index contributed by atoms with van der Waals surface area (Å²) in [5.74, 6) is 0. The SMILES string of the molecule is CC1(NCC(F)F)CCN(C(=O)OCc2ccccc2)CC1. The number of ether oxygens (including phenoxy) is 1. The van der Waals surface area contributed by atoms with Crippen LogP contribution in [-0.4, -0.2) is 42.6 Å². The molecule has 1 aromatic rings. The summed E-state index contributed by atoms with van der Waals surface area (Å²) < 4.78 is 29.8. The summed E-state index contributed by atoms with van der Waals surface area (Å²) in [6.45, 7) is 2.88. The van der Waals surface area contributed by atoms with E-state index in [1.807, 2.05) is 37.3 Å². The number of carbonyl (C=O) groups is 1. The third kappa shape index (κ3) is 4.94. The van der Waals surface area contributed by atoms with E-state index in [1.165, 1.54) is 0 Å². The van der Waals surface area contributed by atoms with Crippen LogP contribution in [0.15, 0.2) is 30.3 Å². The van der Waals surface area contributed by atoms with Gasteiger partial charge in [0, 0.05) is 18.6 Å². The molecule has 2 rings (SSSR count). The number of halogens is 2. The number of nitrogens with zero attached hydrogens (tertiary/aromatic N) is 1. The number of rotatable bonds is 5. The first kappa shape index (κ1) is 16.7. The first-order valence-electron chi connectivity index (χ1n) is 7.47. The Morgan fingerprint density at radius 2 is 1.95 bits per heavy atom. The molecule has 1 amide bonds. The van der Waals surface area contributed by atoms with Crippen molar-refractivity contribution in [3.05, 3.63) is 35.9 Å². The number of piperidine rings is 1. The molecule has 1 aromatic carbocycles. The predicted molar refractivity (Wildman–Crippen MR) is 79.8 cm³/mol. The van der Waals surface area contributed by atoms with Crippen LogP contribution >= 0.6 is 0 Å². The molecular formula is C16H22F2N2O2. The number of carbonyl (C=O) groups excluding carboxylic acids is 1. The van der Waals surface area contributed by atoms with Gasteiger partial charge in [0.15, 0.2) is 0 Å². The Labute approximate surface area is 129 Å². The molecular weight excluding hydrogens is 290 g/mol. The van der Waals surface area contributed by atoms with Crippen molar-refractivity contribution >= 4 is 6.09 Å². The topological polar surface area (TPSA) is 41.6 Å². The molecule has 22 heavy (non-hydrogen) atoms. The van der Waals surface area contributed by atoms with Crippen molar-refractivity contribution in [3.8, 4) is 0 Å². The van der Waals surface area contributed by atoms with E-state index < -0.39 is 6.43 Å². The molecule has 0 atom stereocenters. The highest BCUT2D eigenvalue weighted by Crippen LogP contribution is 2.22. The first-order chi connectivity index (χ1) is 10.5. The van der Waals surface area contributed by atoms with Crippen molar-refractivity contribution in [3.63, 3.8) is 0 Å². The molecule has 1 heterocycles. The zero-order valence-electron chi connectivity index (χ0n) is 12.7. The molecule has 0 aliphatic carbocycles. The second-order valence-corrected chi connectivity index (χ2v) is 5.86. The van der Waals surface area contributed by atoms with Gasteiger partial charge in [0.1, 0.15) is 6.61 Å². The Morgan fingerprint density at radius 1 is 1.32 bits per heavy atom. The van der Waals surface area contributed by atoms with E-state index >= 15 is 0 Å². The summed E-state index contributed by atoms with van der Waals surface area (Å²) >= 11 is 0. The van der Waals surface area contributed by atoms with Gasteiger partial charge in [-0.25, -0.2) is 13.6 Å². The standard InChI is InChI=1S/C16H22F2N2O2/c1-16(19-11-14(17)18)7-9-20(10-8-16)15(21)22-12-13-5-3-2-4-6-13/h2-6,14,19H,7-12H2,1H3. The van der Waals surface area contributed by atoms with E-state index in [2.05, 4.69) is 5.32 Å². The molecule has 1 N–H and O–H groups in total. The van der Waals surface area contributed by atoms with Gasteiger partial charge in [-0.2, -0.15) is 0 Å². The molecule has 0 bridgehead atoms.